The van der Waals surface area contributed by atoms with Gasteiger partial charge in [0.05, 0.1) is 0 Å². The van der Waals surface area contributed by atoms with Crippen molar-refractivity contribution >= 4 is 39.9 Å². The van der Waals surface area contributed by atoms with Crippen molar-refractivity contribution in [1.82, 2.24) is 0 Å². The molecule has 0 bridgehead atoms. The second-order valence-electron chi connectivity index (χ2n) is 3.20. The standard InChI is InChI=1S/C10H14BrClN2.ClH/c11-9-6-7(12)3-4-8(9)10(14)2-1-5-13;/h3-4,6,10H,1-2,5,13-14H2;1H/t10-;/m1./s1. The molecule has 15 heavy (non-hydrogen) atoms. The zero-order valence-electron chi connectivity index (χ0n) is 8.25. The lowest BCUT2D eigenvalue weighted by molar-refractivity contribution is 0.616. The molecule has 4 N–H and O–H groups in total. The molecule has 0 fully saturated rings. The molecule has 0 aliphatic rings. The van der Waals surface area contributed by atoms with Gasteiger partial charge in [-0.05, 0) is 37.1 Å². The van der Waals surface area contributed by atoms with E-state index in [-0.39, 0.29) is 18.4 Å². The summed E-state index contributed by atoms with van der Waals surface area (Å²) in [5.74, 6) is 0. The van der Waals surface area contributed by atoms with Crippen molar-refractivity contribution in [2.75, 3.05) is 6.54 Å². The summed E-state index contributed by atoms with van der Waals surface area (Å²) >= 11 is 9.28. The molecule has 0 heterocycles. The Morgan fingerprint density at radius 1 is 1.40 bits per heavy atom. The topological polar surface area (TPSA) is 52.0 Å². The van der Waals surface area contributed by atoms with Crippen LogP contribution in [0.15, 0.2) is 22.7 Å². The smallest absolute Gasteiger partial charge is 0.0417 e. The Bertz CT molecular complexity index is 307. The van der Waals surface area contributed by atoms with Crippen LogP contribution in [0.3, 0.4) is 0 Å². The van der Waals surface area contributed by atoms with E-state index in [0.29, 0.717) is 11.6 Å². The fourth-order valence-electron chi connectivity index (χ4n) is 1.30. The lowest BCUT2D eigenvalue weighted by Gasteiger charge is -2.13. The van der Waals surface area contributed by atoms with Crippen molar-refractivity contribution in [3.05, 3.63) is 33.3 Å². The second kappa shape index (κ2) is 7.47. The van der Waals surface area contributed by atoms with Crippen LogP contribution in [-0.4, -0.2) is 6.54 Å². The molecule has 0 aliphatic carbocycles. The number of rotatable bonds is 4. The molecule has 1 rings (SSSR count). The van der Waals surface area contributed by atoms with E-state index in [2.05, 4.69) is 15.9 Å². The minimum absolute atomic E-state index is 0. The average Bonchev–Trinajstić information content (AvgIpc) is 2.14. The summed E-state index contributed by atoms with van der Waals surface area (Å²) < 4.78 is 0.967. The van der Waals surface area contributed by atoms with Crippen molar-refractivity contribution in [2.45, 2.75) is 18.9 Å². The highest BCUT2D eigenvalue weighted by Crippen LogP contribution is 2.27. The first-order valence-corrected chi connectivity index (χ1v) is 5.73. The maximum absolute atomic E-state index is 6.00. The predicted molar refractivity (Wildman–Crippen MR) is 71.6 cm³/mol. The highest BCUT2D eigenvalue weighted by atomic mass is 79.9. The number of halogens is 3. The summed E-state index contributed by atoms with van der Waals surface area (Å²) in [4.78, 5) is 0. The zero-order chi connectivity index (χ0) is 10.6. The van der Waals surface area contributed by atoms with Crippen LogP contribution in [0.2, 0.25) is 5.02 Å². The molecule has 1 aromatic carbocycles. The third-order valence-corrected chi connectivity index (χ3v) is 3.00. The summed E-state index contributed by atoms with van der Waals surface area (Å²) in [5, 5.41) is 0.714. The zero-order valence-corrected chi connectivity index (χ0v) is 11.4. The Labute approximate surface area is 110 Å². The maximum Gasteiger partial charge on any atom is 0.0417 e. The molecule has 0 aromatic heterocycles. The summed E-state index contributed by atoms with van der Waals surface area (Å²) in [6, 6.07) is 5.70. The van der Waals surface area contributed by atoms with Crippen LogP contribution < -0.4 is 11.5 Å². The van der Waals surface area contributed by atoms with Gasteiger partial charge in [0.2, 0.25) is 0 Å². The van der Waals surface area contributed by atoms with E-state index < -0.39 is 0 Å². The highest BCUT2D eigenvalue weighted by molar-refractivity contribution is 9.10. The third kappa shape index (κ3) is 4.70. The van der Waals surface area contributed by atoms with Crippen LogP contribution in [0.5, 0.6) is 0 Å². The minimum Gasteiger partial charge on any atom is -0.330 e. The Morgan fingerprint density at radius 3 is 2.60 bits per heavy atom. The largest absolute Gasteiger partial charge is 0.330 e. The van der Waals surface area contributed by atoms with Gasteiger partial charge >= 0.3 is 0 Å². The Morgan fingerprint density at radius 2 is 2.07 bits per heavy atom. The van der Waals surface area contributed by atoms with Crippen LogP contribution in [0.25, 0.3) is 0 Å². The van der Waals surface area contributed by atoms with Crippen LogP contribution in [0.4, 0.5) is 0 Å². The molecule has 86 valence electrons. The van der Waals surface area contributed by atoms with Crippen LogP contribution >= 0.6 is 39.9 Å². The first-order valence-electron chi connectivity index (χ1n) is 4.55. The molecule has 0 saturated carbocycles. The SMILES string of the molecule is Cl.NCCC[C@@H](N)c1ccc(Cl)cc1Br. The van der Waals surface area contributed by atoms with E-state index in [1.54, 1.807) is 0 Å². The minimum atomic E-state index is 0. The van der Waals surface area contributed by atoms with E-state index in [9.17, 15) is 0 Å². The number of benzene rings is 1. The molecule has 0 unspecified atom stereocenters. The predicted octanol–water partition coefficient (Wildman–Crippen LogP) is 3.26. The van der Waals surface area contributed by atoms with Gasteiger partial charge in [0, 0.05) is 15.5 Å². The number of nitrogens with two attached hydrogens (primary N) is 2. The molecule has 1 atom stereocenters. The first-order chi connectivity index (χ1) is 6.65. The lowest BCUT2D eigenvalue weighted by atomic mass is 10.0. The van der Waals surface area contributed by atoms with E-state index in [0.717, 1.165) is 22.9 Å². The van der Waals surface area contributed by atoms with Gasteiger partial charge in [0.15, 0.2) is 0 Å². The van der Waals surface area contributed by atoms with Gasteiger partial charge < -0.3 is 11.5 Å². The van der Waals surface area contributed by atoms with E-state index >= 15 is 0 Å². The molecule has 0 amide bonds. The Balaban J connectivity index is 0.00000196. The highest BCUT2D eigenvalue weighted by Gasteiger charge is 2.09. The van der Waals surface area contributed by atoms with Crippen molar-refractivity contribution in [3.63, 3.8) is 0 Å². The van der Waals surface area contributed by atoms with E-state index in [4.69, 9.17) is 23.1 Å². The Hall–Kier alpha value is 0.200. The van der Waals surface area contributed by atoms with Crippen molar-refractivity contribution in [2.24, 2.45) is 11.5 Å². The summed E-state index contributed by atoms with van der Waals surface area (Å²) in [7, 11) is 0. The summed E-state index contributed by atoms with van der Waals surface area (Å²) in [6.45, 7) is 0.679. The average molecular weight is 314 g/mol. The monoisotopic (exact) mass is 312 g/mol. The number of hydrogen-bond acceptors (Lipinski definition) is 2. The molecular formula is C10H15BrCl2N2. The van der Waals surface area contributed by atoms with Gasteiger partial charge in [-0.1, -0.05) is 33.6 Å². The Kier molecular flexibility index (Phi) is 7.57. The first kappa shape index (κ1) is 15.2. The second-order valence-corrected chi connectivity index (χ2v) is 4.49. The van der Waals surface area contributed by atoms with Gasteiger partial charge in [0.25, 0.3) is 0 Å². The fourth-order valence-corrected chi connectivity index (χ4v) is 2.27. The van der Waals surface area contributed by atoms with Crippen molar-refractivity contribution in [1.29, 1.82) is 0 Å². The van der Waals surface area contributed by atoms with Crippen LogP contribution in [0.1, 0.15) is 24.4 Å². The lowest BCUT2D eigenvalue weighted by Crippen LogP contribution is -2.13. The summed E-state index contributed by atoms with van der Waals surface area (Å²) in [5.41, 5.74) is 12.5. The van der Waals surface area contributed by atoms with Gasteiger partial charge in [0.1, 0.15) is 0 Å². The molecule has 0 saturated heterocycles. The van der Waals surface area contributed by atoms with Crippen molar-refractivity contribution in [3.8, 4) is 0 Å². The van der Waals surface area contributed by atoms with Gasteiger partial charge in [-0.2, -0.15) is 0 Å². The summed E-state index contributed by atoms with van der Waals surface area (Å²) in [6.07, 6.45) is 1.84. The van der Waals surface area contributed by atoms with Crippen molar-refractivity contribution < 1.29 is 0 Å². The molecule has 0 radical (unpaired) electrons. The van der Waals surface area contributed by atoms with Crippen LogP contribution in [-0.2, 0) is 0 Å². The molecular weight excluding hydrogens is 299 g/mol. The fraction of sp³-hybridized carbons (Fsp3) is 0.400. The third-order valence-electron chi connectivity index (χ3n) is 2.08. The number of hydrogen-bond donors (Lipinski definition) is 2. The van der Waals surface area contributed by atoms with Gasteiger partial charge in [-0.15, -0.1) is 12.4 Å². The van der Waals surface area contributed by atoms with Gasteiger partial charge in [-0.25, -0.2) is 0 Å². The maximum atomic E-state index is 6.00. The molecule has 1 aromatic rings. The quantitative estimate of drug-likeness (QED) is 0.896. The van der Waals surface area contributed by atoms with Gasteiger partial charge in [-0.3, -0.25) is 0 Å². The molecule has 0 aliphatic heterocycles. The normalized spacial score (nSPS) is 12.0. The van der Waals surface area contributed by atoms with E-state index in [1.807, 2.05) is 18.2 Å². The molecule has 5 heteroatoms. The van der Waals surface area contributed by atoms with Crippen LogP contribution in [0, 0.1) is 0 Å². The molecule has 2 nitrogen and oxygen atoms in total. The molecule has 0 spiro atoms. The van der Waals surface area contributed by atoms with E-state index in [1.165, 1.54) is 0 Å².